The van der Waals surface area contributed by atoms with Gasteiger partial charge in [0.05, 0.1) is 11.3 Å². The minimum Gasteiger partial charge on any atom is -0.347 e. The molecule has 0 saturated heterocycles. The fourth-order valence-corrected chi connectivity index (χ4v) is 1.59. The van der Waals surface area contributed by atoms with Crippen LogP contribution in [0.3, 0.4) is 0 Å². The van der Waals surface area contributed by atoms with E-state index in [2.05, 4.69) is 20.3 Å². The predicted octanol–water partition coefficient (Wildman–Crippen LogP) is 2.35. The van der Waals surface area contributed by atoms with Gasteiger partial charge in [0, 0.05) is 14.1 Å². The molecule has 0 bridgehead atoms. The third-order valence-corrected chi connectivity index (χ3v) is 2.51. The lowest BCUT2D eigenvalue weighted by Gasteiger charge is -2.12. The number of halogens is 2. The maximum atomic E-state index is 13.1. The topological polar surface area (TPSA) is 77.7 Å². The number of hydrogen-bond acceptors (Lipinski definition) is 6. The Balaban J connectivity index is 2.38. The minimum absolute atomic E-state index is 0.0202. The first-order valence-corrected chi connectivity index (χ1v) is 5.93. The van der Waals surface area contributed by atoms with E-state index in [1.54, 1.807) is 19.0 Å². The van der Waals surface area contributed by atoms with Gasteiger partial charge in [0.2, 0.25) is 17.2 Å². The molecule has 0 aliphatic rings. The normalized spacial score (nSPS) is 9.95. The highest BCUT2D eigenvalue weighted by atomic mass is 35.5. The van der Waals surface area contributed by atoms with E-state index in [1.807, 2.05) is 6.07 Å². The summed E-state index contributed by atoms with van der Waals surface area (Å²) in [5, 5.41) is 11.8. The molecule has 6 nitrogen and oxygen atoms in total. The first-order chi connectivity index (χ1) is 9.49. The van der Waals surface area contributed by atoms with Crippen molar-refractivity contribution in [2.24, 2.45) is 0 Å². The highest BCUT2D eigenvalue weighted by Crippen LogP contribution is 2.21. The van der Waals surface area contributed by atoms with E-state index < -0.39 is 5.82 Å². The van der Waals surface area contributed by atoms with Crippen LogP contribution in [0.4, 0.5) is 22.0 Å². The lowest BCUT2D eigenvalue weighted by molar-refractivity contribution is 0.627. The maximum absolute atomic E-state index is 13.1. The van der Waals surface area contributed by atoms with E-state index >= 15 is 0 Å². The fraction of sp³-hybridized carbons (Fsp3) is 0.167. The summed E-state index contributed by atoms with van der Waals surface area (Å²) in [6.45, 7) is 0. The van der Waals surface area contributed by atoms with E-state index in [9.17, 15) is 4.39 Å². The Morgan fingerprint density at radius 2 is 2.05 bits per heavy atom. The summed E-state index contributed by atoms with van der Waals surface area (Å²) in [7, 11) is 3.52. The first-order valence-electron chi connectivity index (χ1n) is 5.55. The Bertz CT molecular complexity index is 682. The molecule has 2 rings (SSSR count). The number of nitriles is 1. The molecule has 1 aromatic heterocycles. The van der Waals surface area contributed by atoms with Crippen molar-refractivity contribution < 1.29 is 4.39 Å². The average molecular weight is 293 g/mol. The number of anilines is 3. The summed E-state index contributed by atoms with van der Waals surface area (Å²) in [5.41, 5.74) is 0.536. The molecule has 1 heterocycles. The molecular weight excluding hydrogens is 283 g/mol. The smallest absolute Gasteiger partial charge is 0.233 e. The van der Waals surface area contributed by atoms with Crippen molar-refractivity contribution in [1.29, 1.82) is 5.26 Å². The van der Waals surface area contributed by atoms with Crippen LogP contribution in [0.1, 0.15) is 5.56 Å². The highest BCUT2D eigenvalue weighted by molar-refractivity contribution is 6.28. The van der Waals surface area contributed by atoms with Gasteiger partial charge in [0.25, 0.3) is 0 Å². The number of nitrogens with one attached hydrogen (secondary N) is 1. The number of nitrogens with zero attached hydrogens (tertiary/aromatic N) is 5. The molecular formula is C12H10ClFN6. The van der Waals surface area contributed by atoms with Crippen LogP contribution in [0.25, 0.3) is 0 Å². The van der Waals surface area contributed by atoms with Gasteiger partial charge in [0.1, 0.15) is 11.9 Å². The Morgan fingerprint density at radius 3 is 2.70 bits per heavy atom. The van der Waals surface area contributed by atoms with Gasteiger partial charge >= 0.3 is 0 Å². The van der Waals surface area contributed by atoms with Gasteiger partial charge in [-0.25, -0.2) is 4.39 Å². The summed E-state index contributed by atoms with van der Waals surface area (Å²) in [6.07, 6.45) is 0. The van der Waals surface area contributed by atoms with E-state index in [-0.39, 0.29) is 16.8 Å². The molecule has 20 heavy (non-hydrogen) atoms. The van der Waals surface area contributed by atoms with Gasteiger partial charge < -0.3 is 10.2 Å². The van der Waals surface area contributed by atoms with Gasteiger partial charge in [-0.1, -0.05) is 0 Å². The SMILES string of the molecule is CN(C)c1nc(Cl)nc(Nc2ccc(F)cc2C#N)n1. The standard InChI is InChI=1S/C12H10ClFN6/c1-20(2)12-18-10(13)17-11(19-12)16-9-4-3-8(14)5-7(9)6-15/h3-5H,1-2H3,(H,16,17,18,19). The molecule has 0 radical (unpaired) electrons. The lowest BCUT2D eigenvalue weighted by Crippen LogP contribution is -2.14. The van der Waals surface area contributed by atoms with Crippen LogP contribution in [0.5, 0.6) is 0 Å². The molecule has 102 valence electrons. The molecule has 0 aliphatic heterocycles. The van der Waals surface area contributed by atoms with Gasteiger partial charge in [0.15, 0.2) is 0 Å². The third kappa shape index (κ3) is 3.10. The molecule has 1 aromatic carbocycles. The second-order valence-electron chi connectivity index (χ2n) is 4.05. The molecule has 0 amide bonds. The second kappa shape index (κ2) is 5.67. The molecule has 0 spiro atoms. The minimum atomic E-state index is -0.491. The summed E-state index contributed by atoms with van der Waals surface area (Å²) in [6, 6.07) is 5.68. The van der Waals surface area contributed by atoms with Crippen LogP contribution in [0.2, 0.25) is 5.28 Å². The molecule has 0 saturated carbocycles. The maximum Gasteiger partial charge on any atom is 0.233 e. The zero-order valence-corrected chi connectivity index (χ0v) is 11.5. The Kier molecular flexibility index (Phi) is 3.96. The largest absolute Gasteiger partial charge is 0.347 e. The van der Waals surface area contributed by atoms with Crippen LogP contribution in [0.15, 0.2) is 18.2 Å². The summed E-state index contributed by atoms with van der Waals surface area (Å²) < 4.78 is 13.1. The summed E-state index contributed by atoms with van der Waals surface area (Å²) in [4.78, 5) is 13.6. The summed E-state index contributed by atoms with van der Waals surface area (Å²) >= 11 is 5.81. The number of benzene rings is 1. The Labute approximate surface area is 119 Å². The number of aromatic nitrogens is 3. The number of hydrogen-bond donors (Lipinski definition) is 1. The Morgan fingerprint density at radius 1 is 1.30 bits per heavy atom. The van der Waals surface area contributed by atoms with E-state index in [0.717, 1.165) is 6.07 Å². The van der Waals surface area contributed by atoms with Gasteiger partial charge in [-0.3, -0.25) is 0 Å². The van der Waals surface area contributed by atoms with Crippen LogP contribution < -0.4 is 10.2 Å². The lowest BCUT2D eigenvalue weighted by atomic mass is 10.2. The van der Waals surface area contributed by atoms with Crippen LogP contribution in [-0.4, -0.2) is 29.0 Å². The molecule has 0 aliphatic carbocycles. The first kappa shape index (κ1) is 14.0. The van der Waals surface area contributed by atoms with E-state index in [0.29, 0.717) is 11.6 Å². The predicted molar refractivity (Wildman–Crippen MR) is 73.6 cm³/mol. The van der Waals surface area contributed by atoms with Crippen molar-refractivity contribution in [3.8, 4) is 6.07 Å². The van der Waals surface area contributed by atoms with Crippen molar-refractivity contribution in [2.75, 3.05) is 24.3 Å². The second-order valence-corrected chi connectivity index (χ2v) is 4.39. The van der Waals surface area contributed by atoms with Crippen molar-refractivity contribution in [3.63, 3.8) is 0 Å². The molecule has 0 atom stereocenters. The molecule has 2 aromatic rings. The third-order valence-electron chi connectivity index (χ3n) is 2.34. The van der Waals surface area contributed by atoms with E-state index in [4.69, 9.17) is 16.9 Å². The number of rotatable bonds is 3. The van der Waals surface area contributed by atoms with Gasteiger partial charge in [-0.15, -0.1) is 0 Å². The van der Waals surface area contributed by atoms with Crippen molar-refractivity contribution in [1.82, 2.24) is 15.0 Å². The molecule has 0 unspecified atom stereocenters. The molecule has 8 heteroatoms. The van der Waals surface area contributed by atoms with Crippen molar-refractivity contribution >= 4 is 29.2 Å². The quantitative estimate of drug-likeness (QED) is 0.935. The van der Waals surface area contributed by atoms with Crippen LogP contribution in [0, 0.1) is 17.1 Å². The average Bonchev–Trinajstić information content (AvgIpc) is 2.40. The van der Waals surface area contributed by atoms with E-state index in [1.165, 1.54) is 12.1 Å². The zero-order chi connectivity index (χ0) is 14.7. The van der Waals surface area contributed by atoms with Crippen molar-refractivity contribution in [2.45, 2.75) is 0 Å². The zero-order valence-electron chi connectivity index (χ0n) is 10.7. The highest BCUT2D eigenvalue weighted by Gasteiger charge is 2.09. The van der Waals surface area contributed by atoms with Crippen LogP contribution >= 0.6 is 11.6 Å². The monoisotopic (exact) mass is 292 g/mol. The Hall–Kier alpha value is -2.46. The molecule has 1 N–H and O–H groups in total. The van der Waals surface area contributed by atoms with Gasteiger partial charge in [-0.2, -0.15) is 20.2 Å². The van der Waals surface area contributed by atoms with Gasteiger partial charge in [-0.05, 0) is 29.8 Å². The summed E-state index contributed by atoms with van der Waals surface area (Å²) in [5.74, 6) is 0.0553. The van der Waals surface area contributed by atoms with Crippen molar-refractivity contribution in [3.05, 3.63) is 34.9 Å². The molecule has 0 fully saturated rings. The fourth-order valence-electron chi connectivity index (χ4n) is 1.43. The van der Waals surface area contributed by atoms with Crippen LogP contribution in [-0.2, 0) is 0 Å².